The highest BCUT2D eigenvalue weighted by Gasteiger charge is 2.12. The van der Waals surface area contributed by atoms with E-state index in [-0.39, 0.29) is 11.9 Å². The van der Waals surface area contributed by atoms with Gasteiger partial charge < -0.3 is 9.73 Å². The molecular formula is C17H16FN3O. The summed E-state index contributed by atoms with van der Waals surface area (Å²) in [5, 5.41) is 11.2. The largest absolute Gasteiger partial charge is 0.419 e. The Morgan fingerprint density at radius 2 is 1.77 bits per heavy atom. The SMILES string of the molecule is C[C@@H](NCc1nnc(-c2ccccc2)o1)c1ccccc1F. The number of hydrogen-bond acceptors (Lipinski definition) is 4. The molecule has 3 rings (SSSR count). The zero-order chi connectivity index (χ0) is 15.4. The number of rotatable bonds is 5. The second-order valence-corrected chi connectivity index (χ2v) is 4.99. The molecule has 0 aliphatic carbocycles. The van der Waals surface area contributed by atoms with Crippen molar-refractivity contribution in [3.63, 3.8) is 0 Å². The molecule has 0 fully saturated rings. The van der Waals surface area contributed by atoms with Crippen LogP contribution in [0, 0.1) is 5.82 Å². The normalized spacial score (nSPS) is 12.3. The first-order chi connectivity index (χ1) is 10.7. The number of nitrogens with one attached hydrogen (secondary N) is 1. The summed E-state index contributed by atoms with van der Waals surface area (Å²) in [5.74, 6) is 0.732. The molecule has 0 spiro atoms. The standard InChI is InChI=1S/C17H16FN3O/c1-12(14-9-5-6-10-15(14)18)19-11-16-20-21-17(22-16)13-7-3-2-4-8-13/h2-10,12,19H,11H2,1H3/t12-/m1/s1. The molecule has 0 bridgehead atoms. The second-order valence-electron chi connectivity index (χ2n) is 4.99. The molecule has 0 amide bonds. The number of halogens is 1. The lowest BCUT2D eigenvalue weighted by Gasteiger charge is -2.13. The first kappa shape index (κ1) is 14.4. The van der Waals surface area contributed by atoms with Crippen LogP contribution < -0.4 is 5.32 Å². The summed E-state index contributed by atoms with van der Waals surface area (Å²) >= 11 is 0. The van der Waals surface area contributed by atoms with Gasteiger partial charge in [0.15, 0.2) is 0 Å². The fraction of sp³-hybridized carbons (Fsp3) is 0.176. The fourth-order valence-corrected chi connectivity index (χ4v) is 2.20. The number of nitrogens with zero attached hydrogens (tertiary/aromatic N) is 2. The Kier molecular flexibility index (Phi) is 4.25. The minimum absolute atomic E-state index is 0.145. The third kappa shape index (κ3) is 3.20. The Morgan fingerprint density at radius 3 is 2.55 bits per heavy atom. The van der Waals surface area contributed by atoms with E-state index in [2.05, 4.69) is 15.5 Å². The molecule has 4 nitrogen and oxygen atoms in total. The summed E-state index contributed by atoms with van der Waals surface area (Å²) in [6.07, 6.45) is 0. The molecule has 2 aromatic carbocycles. The van der Waals surface area contributed by atoms with E-state index in [1.165, 1.54) is 6.07 Å². The monoisotopic (exact) mass is 297 g/mol. The van der Waals surface area contributed by atoms with Crippen LogP contribution in [-0.4, -0.2) is 10.2 Å². The maximum absolute atomic E-state index is 13.7. The van der Waals surface area contributed by atoms with Crippen molar-refractivity contribution in [1.29, 1.82) is 0 Å². The highest BCUT2D eigenvalue weighted by Crippen LogP contribution is 2.19. The van der Waals surface area contributed by atoms with Crippen LogP contribution in [0.3, 0.4) is 0 Å². The van der Waals surface area contributed by atoms with Gasteiger partial charge in [0.1, 0.15) is 5.82 Å². The van der Waals surface area contributed by atoms with Crippen LogP contribution in [0.5, 0.6) is 0 Å². The van der Waals surface area contributed by atoms with Crippen molar-refractivity contribution in [2.24, 2.45) is 0 Å². The van der Waals surface area contributed by atoms with Gasteiger partial charge in [0.05, 0.1) is 6.54 Å². The van der Waals surface area contributed by atoms with Gasteiger partial charge in [-0.15, -0.1) is 10.2 Å². The lowest BCUT2D eigenvalue weighted by Crippen LogP contribution is -2.19. The molecule has 0 radical (unpaired) electrons. The van der Waals surface area contributed by atoms with Crippen LogP contribution >= 0.6 is 0 Å². The van der Waals surface area contributed by atoms with Gasteiger partial charge in [0.25, 0.3) is 0 Å². The Labute approximate surface area is 128 Å². The average molecular weight is 297 g/mol. The van der Waals surface area contributed by atoms with E-state index in [0.717, 1.165) is 5.56 Å². The third-order valence-electron chi connectivity index (χ3n) is 3.42. The van der Waals surface area contributed by atoms with Crippen LogP contribution in [0.25, 0.3) is 11.5 Å². The van der Waals surface area contributed by atoms with Crippen molar-refractivity contribution in [1.82, 2.24) is 15.5 Å². The molecule has 0 saturated carbocycles. The summed E-state index contributed by atoms with van der Waals surface area (Å²) in [6.45, 7) is 2.28. The zero-order valence-electron chi connectivity index (χ0n) is 12.2. The van der Waals surface area contributed by atoms with Gasteiger partial charge in [-0.25, -0.2) is 4.39 Å². The Morgan fingerprint density at radius 1 is 1.05 bits per heavy atom. The lowest BCUT2D eigenvalue weighted by molar-refractivity contribution is 0.447. The number of benzene rings is 2. The summed E-state index contributed by atoms with van der Waals surface area (Å²) in [5.41, 5.74) is 1.49. The molecule has 22 heavy (non-hydrogen) atoms. The van der Waals surface area contributed by atoms with Gasteiger partial charge in [0.2, 0.25) is 11.8 Å². The van der Waals surface area contributed by atoms with E-state index in [4.69, 9.17) is 4.42 Å². The second kappa shape index (κ2) is 6.49. The van der Waals surface area contributed by atoms with Gasteiger partial charge in [-0.05, 0) is 25.1 Å². The van der Waals surface area contributed by atoms with Crippen molar-refractivity contribution < 1.29 is 8.81 Å². The Bertz CT molecular complexity index is 742. The first-order valence-corrected chi connectivity index (χ1v) is 7.09. The minimum atomic E-state index is -0.224. The van der Waals surface area contributed by atoms with Crippen LogP contribution in [0.4, 0.5) is 4.39 Å². The Balaban J connectivity index is 1.65. The molecule has 0 saturated heterocycles. The van der Waals surface area contributed by atoms with Crippen molar-refractivity contribution in [3.8, 4) is 11.5 Å². The molecule has 3 aromatic rings. The molecule has 5 heteroatoms. The third-order valence-corrected chi connectivity index (χ3v) is 3.42. The van der Waals surface area contributed by atoms with Gasteiger partial charge in [0, 0.05) is 17.2 Å². The fourth-order valence-electron chi connectivity index (χ4n) is 2.20. The van der Waals surface area contributed by atoms with Crippen molar-refractivity contribution in [2.75, 3.05) is 0 Å². The highest BCUT2D eigenvalue weighted by atomic mass is 19.1. The van der Waals surface area contributed by atoms with Crippen molar-refractivity contribution in [2.45, 2.75) is 19.5 Å². The lowest BCUT2D eigenvalue weighted by atomic mass is 10.1. The minimum Gasteiger partial charge on any atom is -0.419 e. The van der Waals surface area contributed by atoms with Crippen molar-refractivity contribution in [3.05, 3.63) is 71.9 Å². The van der Waals surface area contributed by atoms with Crippen LogP contribution in [0.15, 0.2) is 59.0 Å². The molecule has 1 aromatic heterocycles. The summed E-state index contributed by atoms with van der Waals surface area (Å²) in [7, 11) is 0. The summed E-state index contributed by atoms with van der Waals surface area (Å²) in [4.78, 5) is 0. The van der Waals surface area contributed by atoms with E-state index in [1.54, 1.807) is 12.1 Å². The van der Waals surface area contributed by atoms with Gasteiger partial charge in [-0.3, -0.25) is 0 Å². The summed E-state index contributed by atoms with van der Waals surface area (Å²) < 4.78 is 19.3. The predicted octanol–water partition coefficient (Wildman–Crippen LogP) is 3.73. The highest BCUT2D eigenvalue weighted by molar-refractivity contribution is 5.51. The molecule has 0 aliphatic heterocycles. The van der Waals surface area contributed by atoms with Crippen molar-refractivity contribution >= 4 is 0 Å². The van der Waals surface area contributed by atoms with E-state index < -0.39 is 0 Å². The van der Waals surface area contributed by atoms with Crippen LogP contribution in [0.2, 0.25) is 0 Å². The maximum Gasteiger partial charge on any atom is 0.247 e. The van der Waals surface area contributed by atoms with E-state index >= 15 is 0 Å². The van der Waals surface area contributed by atoms with Gasteiger partial charge in [-0.2, -0.15) is 0 Å². The van der Waals surface area contributed by atoms with Gasteiger partial charge in [-0.1, -0.05) is 36.4 Å². The molecule has 1 atom stereocenters. The topological polar surface area (TPSA) is 51.0 Å². The molecule has 112 valence electrons. The van der Waals surface area contributed by atoms with Gasteiger partial charge >= 0.3 is 0 Å². The smallest absolute Gasteiger partial charge is 0.247 e. The van der Waals surface area contributed by atoms with E-state index in [0.29, 0.717) is 23.9 Å². The van der Waals surface area contributed by atoms with Crippen LogP contribution in [0.1, 0.15) is 24.4 Å². The molecule has 0 unspecified atom stereocenters. The average Bonchev–Trinajstić information content (AvgIpc) is 3.03. The quantitative estimate of drug-likeness (QED) is 0.779. The molecule has 1 N–H and O–H groups in total. The van der Waals surface area contributed by atoms with E-state index in [9.17, 15) is 4.39 Å². The number of aromatic nitrogens is 2. The first-order valence-electron chi connectivity index (χ1n) is 7.09. The van der Waals surface area contributed by atoms with E-state index in [1.807, 2.05) is 43.3 Å². The van der Waals surface area contributed by atoms with Crippen LogP contribution in [-0.2, 0) is 6.54 Å². The molecular weight excluding hydrogens is 281 g/mol. The zero-order valence-corrected chi connectivity index (χ0v) is 12.2. The molecule has 1 heterocycles. The Hall–Kier alpha value is -2.53. The molecule has 0 aliphatic rings. The maximum atomic E-state index is 13.7. The summed E-state index contributed by atoms with van der Waals surface area (Å²) in [6, 6.07) is 16.1. The predicted molar refractivity (Wildman–Crippen MR) is 81.4 cm³/mol. The number of hydrogen-bond donors (Lipinski definition) is 1.